The Hall–Kier alpha value is -1.39. The molecule has 1 fully saturated rings. The van der Waals surface area contributed by atoms with Gasteiger partial charge in [0.05, 0.1) is 11.8 Å². The van der Waals surface area contributed by atoms with Gasteiger partial charge in [0.1, 0.15) is 0 Å². The standard InChI is InChI=1S/C16H20N2OS/c1-18(10-12-7-8-12)16-17-14(11-20-16)9-15(19)13-5-3-2-4-6-13/h2-6,11-12,15,19H,7-10H2,1H3. The van der Waals surface area contributed by atoms with Crippen molar-refractivity contribution in [3.05, 3.63) is 47.0 Å². The normalized spacial score (nSPS) is 16.1. The molecule has 1 unspecified atom stereocenters. The van der Waals surface area contributed by atoms with Gasteiger partial charge in [-0.2, -0.15) is 0 Å². The second-order valence-corrected chi connectivity index (χ2v) is 6.41. The molecule has 1 aromatic carbocycles. The van der Waals surface area contributed by atoms with E-state index in [0.29, 0.717) is 6.42 Å². The molecule has 0 amide bonds. The van der Waals surface area contributed by atoms with Crippen molar-refractivity contribution < 1.29 is 5.11 Å². The van der Waals surface area contributed by atoms with Gasteiger partial charge in [-0.1, -0.05) is 30.3 Å². The minimum absolute atomic E-state index is 0.472. The highest BCUT2D eigenvalue weighted by Crippen LogP contribution is 2.32. The van der Waals surface area contributed by atoms with Crippen molar-refractivity contribution in [1.29, 1.82) is 0 Å². The third-order valence-electron chi connectivity index (χ3n) is 3.68. The van der Waals surface area contributed by atoms with E-state index in [1.54, 1.807) is 11.3 Å². The first-order valence-electron chi connectivity index (χ1n) is 7.11. The number of nitrogens with zero attached hydrogens (tertiary/aromatic N) is 2. The zero-order chi connectivity index (χ0) is 13.9. The number of aliphatic hydroxyl groups is 1. The summed E-state index contributed by atoms with van der Waals surface area (Å²) in [6.45, 7) is 1.11. The molecule has 106 valence electrons. The number of anilines is 1. The van der Waals surface area contributed by atoms with Crippen molar-refractivity contribution in [1.82, 2.24) is 4.98 Å². The maximum Gasteiger partial charge on any atom is 0.185 e. The van der Waals surface area contributed by atoms with Crippen molar-refractivity contribution in [2.24, 2.45) is 5.92 Å². The van der Waals surface area contributed by atoms with Crippen molar-refractivity contribution in [2.45, 2.75) is 25.4 Å². The first-order valence-corrected chi connectivity index (χ1v) is 7.99. The monoisotopic (exact) mass is 288 g/mol. The highest BCUT2D eigenvalue weighted by molar-refractivity contribution is 7.13. The van der Waals surface area contributed by atoms with Crippen molar-refractivity contribution >= 4 is 16.5 Å². The molecular formula is C16H20N2OS. The van der Waals surface area contributed by atoms with Crippen LogP contribution in [0.5, 0.6) is 0 Å². The fourth-order valence-electron chi connectivity index (χ4n) is 2.32. The number of aromatic nitrogens is 1. The Morgan fingerprint density at radius 2 is 2.10 bits per heavy atom. The van der Waals surface area contributed by atoms with Crippen molar-refractivity contribution in [2.75, 3.05) is 18.5 Å². The molecule has 0 bridgehead atoms. The molecule has 1 N–H and O–H groups in total. The van der Waals surface area contributed by atoms with E-state index in [9.17, 15) is 5.11 Å². The fraction of sp³-hybridized carbons (Fsp3) is 0.438. The van der Waals surface area contributed by atoms with Crippen LogP contribution in [0.2, 0.25) is 0 Å². The first-order chi connectivity index (χ1) is 9.72. The molecule has 0 radical (unpaired) electrons. The fourth-order valence-corrected chi connectivity index (χ4v) is 3.14. The van der Waals surface area contributed by atoms with Gasteiger partial charge in [0.25, 0.3) is 0 Å². The Morgan fingerprint density at radius 3 is 2.80 bits per heavy atom. The molecule has 1 aliphatic carbocycles. The van der Waals surface area contributed by atoms with Crippen LogP contribution < -0.4 is 4.90 Å². The summed E-state index contributed by atoms with van der Waals surface area (Å²) in [5.74, 6) is 0.863. The summed E-state index contributed by atoms with van der Waals surface area (Å²) in [4.78, 5) is 6.88. The second kappa shape index (κ2) is 5.94. The quantitative estimate of drug-likeness (QED) is 0.886. The zero-order valence-corrected chi connectivity index (χ0v) is 12.5. The second-order valence-electron chi connectivity index (χ2n) is 5.58. The van der Waals surface area contributed by atoms with Gasteiger partial charge in [-0.25, -0.2) is 4.98 Å². The summed E-state index contributed by atoms with van der Waals surface area (Å²) >= 11 is 1.67. The molecular weight excluding hydrogens is 268 g/mol. The summed E-state index contributed by atoms with van der Waals surface area (Å²) in [5.41, 5.74) is 1.93. The highest BCUT2D eigenvalue weighted by atomic mass is 32.1. The largest absolute Gasteiger partial charge is 0.388 e. The number of hydrogen-bond donors (Lipinski definition) is 1. The SMILES string of the molecule is CN(CC1CC1)c1nc(CC(O)c2ccccc2)cs1. The molecule has 2 aromatic rings. The molecule has 1 saturated carbocycles. The molecule has 20 heavy (non-hydrogen) atoms. The maximum absolute atomic E-state index is 10.2. The van der Waals surface area contributed by atoms with Crippen LogP contribution in [0, 0.1) is 5.92 Å². The molecule has 3 rings (SSSR count). The van der Waals surface area contributed by atoms with Gasteiger partial charge in [-0.05, 0) is 24.3 Å². The lowest BCUT2D eigenvalue weighted by Gasteiger charge is -2.14. The highest BCUT2D eigenvalue weighted by Gasteiger charge is 2.24. The van der Waals surface area contributed by atoms with E-state index in [1.807, 2.05) is 30.3 Å². The summed E-state index contributed by atoms with van der Waals surface area (Å²) in [5, 5.41) is 13.4. The summed E-state index contributed by atoms with van der Waals surface area (Å²) in [6, 6.07) is 9.78. The Morgan fingerprint density at radius 1 is 1.35 bits per heavy atom. The van der Waals surface area contributed by atoms with Gasteiger partial charge in [-0.15, -0.1) is 11.3 Å². The van der Waals surface area contributed by atoms with Gasteiger partial charge in [0.15, 0.2) is 5.13 Å². The predicted octanol–water partition coefficient (Wildman–Crippen LogP) is 3.27. The first kappa shape index (κ1) is 13.6. The lowest BCUT2D eigenvalue weighted by atomic mass is 10.1. The van der Waals surface area contributed by atoms with Crippen LogP contribution >= 0.6 is 11.3 Å². The average molecular weight is 288 g/mol. The van der Waals surface area contributed by atoms with Crippen LogP contribution in [0.25, 0.3) is 0 Å². The number of benzene rings is 1. The van der Waals surface area contributed by atoms with Crippen LogP contribution in [0.4, 0.5) is 5.13 Å². The smallest absolute Gasteiger partial charge is 0.185 e. The lowest BCUT2D eigenvalue weighted by molar-refractivity contribution is 0.177. The molecule has 0 spiro atoms. The predicted molar refractivity (Wildman–Crippen MR) is 83.2 cm³/mol. The maximum atomic E-state index is 10.2. The van der Waals surface area contributed by atoms with Crippen LogP contribution in [0.1, 0.15) is 30.2 Å². The zero-order valence-electron chi connectivity index (χ0n) is 11.7. The molecule has 1 atom stereocenters. The van der Waals surface area contributed by atoms with Crippen LogP contribution in [-0.4, -0.2) is 23.7 Å². The topological polar surface area (TPSA) is 36.4 Å². The third kappa shape index (κ3) is 3.38. The Labute approximate surface area is 123 Å². The third-order valence-corrected chi connectivity index (χ3v) is 4.69. The Bertz CT molecular complexity index is 551. The molecule has 0 aliphatic heterocycles. The van der Waals surface area contributed by atoms with Gasteiger partial charge in [-0.3, -0.25) is 0 Å². The summed E-state index contributed by atoms with van der Waals surface area (Å²) in [7, 11) is 2.11. The van der Waals surface area contributed by atoms with E-state index in [0.717, 1.165) is 28.9 Å². The van der Waals surface area contributed by atoms with E-state index in [4.69, 9.17) is 0 Å². The average Bonchev–Trinajstić information content (AvgIpc) is 3.15. The molecule has 1 heterocycles. The van der Waals surface area contributed by atoms with Crippen molar-refractivity contribution in [3.8, 4) is 0 Å². The van der Waals surface area contributed by atoms with Crippen molar-refractivity contribution in [3.63, 3.8) is 0 Å². The van der Waals surface area contributed by atoms with Crippen LogP contribution in [0.15, 0.2) is 35.7 Å². The minimum Gasteiger partial charge on any atom is -0.388 e. The molecule has 1 aliphatic rings. The van der Waals surface area contributed by atoms with E-state index in [-0.39, 0.29) is 0 Å². The number of rotatable bonds is 6. The molecule has 0 saturated heterocycles. The Balaban J connectivity index is 1.61. The summed E-state index contributed by atoms with van der Waals surface area (Å²) in [6.07, 6.45) is 2.82. The summed E-state index contributed by atoms with van der Waals surface area (Å²) < 4.78 is 0. The molecule has 1 aromatic heterocycles. The number of hydrogen-bond acceptors (Lipinski definition) is 4. The van der Waals surface area contributed by atoms with Gasteiger partial charge < -0.3 is 10.0 Å². The van der Waals surface area contributed by atoms with Crippen LogP contribution in [0.3, 0.4) is 0 Å². The van der Waals surface area contributed by atoms with Crippen LogP contribution in [-0.2, 0) is 6.42 Å². The van der Waals surface area contributed by atoms with E-state index in [2.05, 4.69) is 22.3 Å². The number of aliphatic hydroxyl groups excluding tert-OH is 1. The van der Waals surface area contributed by atoms with E-state index >= 15 is 0 Å². The van der Waals surface area contributed by atoms with Gasteiger partial charge >= 0.3 is 0 Å². The lowest BCUT2D eigenvalue weighted by Crippen LogP contribution is -2.19. The van der Waals surface area contributed by atoms with E-state index < -0.39 is 6.10 Å². The minimum atomic E-state index is -0.472. The van der Waals surface area contributed by atoms with Gasteiger partial charge in [0.2, 0.25) is 0 Å². The molecule has 4 heteroatoms. The number of thiazole rings is 1. The van der Waals surface area contributed by atoms with Gasteiger partial charge in [0, 0.05) is 25.4 Å². The van der Waals surface area contributed by atoms with E-state index in [1.165, 1.54) is 12.8 Å². The molecule has 3 nitrogen and oxygen atoms in total. The Kier molecular flexibility index (Phi) is 4.03.